The second-order valence-corrected chi connectivity index (χ2v) is 3.76. The summed E-state index contributed by atoms with van der Waals surface area (Å²) in [5.74, 6) is -0.0853. The largest absolute Gasteiger partial charge is 0.394 e. The molecule has 5 heteroatoms. The fourth-order valence-electron chi connectivity index (χ4n) is 1.45. The van der Waals surface area contributed by atoms with Crippen molar-refractivity contribution in [2.45, 2.75) is 18.9 Å². The number of aliphatic hydroxyl groups excluding tert-OH is 1. The molecule has 0 aliphatic heterocycles. The third-order valence-electron chi connectivity index (χ3n) is 2.34. The molecule has 0 bridgehead atoms. The zero-order valence-electron chi connectivity index (χ0n) is 9.93. The van der Waals surface area contributed by atoms with Crippen LogP contribution in [-0.4, -0.2) is 42.4 Å². The average Bonchev–Trinajstić information content (AvgIpc) is 2.37. The van der Waals surface area contributed by atoms with Crippen molar-refractivity contribution in [3.05, 3.63) is 30.1 Å². The maximum Gasteiger partial charge on any atom is 0.220 e. The molecular weight excluding hydrogens is 220 g/mol. The second kappa shape index (κ2) is 7.76. The van der Waals surface area contributed by atoms with Gasteiger partial charge in [-0.15, -0.1) is 0 Å². The number of ether oxygens (including phenoxy) is 1. The summed E-state index contributed by atoms with van der Waals surface area (Å²) in [7, 11) is 1.53. The Labute approximate surface area is 101 Å². The highest BCUT2D eigenvalue weighted by Crippen LogP contribution is 2.00. The molecule has 0 saturated heterocycles. The van der Waals surface area contributed by atoms with Crippen LogP contribution in [0.25, 0.3) is 0 Å². The lowest BCUT2D eigenvalue weighted by atomic mass is 10.1. The van der Waals surface area contributed by atoms with Crippen LogP contribution in [-0.2, 0) is 16.0 Å². The van der Waals surface area contributed by atoms with Gasteiger partial charge in [-0.25, -0.2) is 0 Å². The molecule has 2 N–H and O–H groups in total. The number of hydrogen-bond donors (Lipinski definition) is 2. The van der Waals surface area contributed by atoms with Gasteiger partial charge in [0.25, 0.3) is 0 Å². The summed E-state index contributed by atoms with van der Waals surface area (Å²) in [6.07, 6.45) is 4.47. The van der Waals surface area contributed by atoms with E-state index in [9.17, 15) is 4.79 Å². The van der Waals surface area contributed by atoms with E-state index < -0.39 is 0 Å². The SMILES string of the molecule is COCC(CO)NC(=O)CCc1ccncc1. The van der Waals surface area contributed by atoms with Gasteiger partial charge in [0.05, 0.1) is 19.3 Å². The molecule has 17 heavy (non-hydrogen) atoms. The van der Waals surface area contributed by atoms with Crippen molar-refractivity contribution in [1.82, 2.24) is 10.3 Å². The number of rotatable bonds is 7. The molecule has 5 nitrogen and oxygen atoms in total. The first-order valence-electron chi connectivity index (χ1n) is 5.54. The number of carbonyl (C=O) groups is 1. The summed E-state index contributed by atoms with van der Waals surface area (Å²) >= 11 is 0. The number of aromatic nitrogens is 1. The number of amides is 1. The van der Waals surface area contributed by atoms with Gasteiger partial charge in [-0.3, -0.25) is 9.78 Å². The highest BCUT2D eigenvalue weighted by atomic mass is 16.5. The number of nitrogens with zero attached hydrogens (tertiary/aromatic N) is 1. The van der Waals surface area contributed by atoms with E-state index in [-0.39, 0.29) is 18.6 Å². The Morgan fingerprint density at radius 3 is 2.82 bits per heavy atom. The molecular formula is C12H18N2O3. The maximum atomic E-state index is 11.6. The number of methoxy groups -OCH3 is 1. The average molecular weight is 238 g/mol. The van der Waals surface area contributed by atoms with E-state index in [4.69, 9.17) is 9.84 Å². The topological polar surface area (TPSA) is 71.5 Å². The standard InChI is InChI=1S/C12H18N2O3/c1-17-9-11(8-15)14-12(16)3-2-10-4-6-13-7-5-10/h4-7,11,15H,2-3,8-9H2,1H3,(H,14,16). The second-order valence-electron chi connectivity index (χ2n) is 3.76. The van der Waals surface area contributed by atoms with Gasteiger partial charge in [0, 0.05) is 25.9 Å². The fraction of sp³-hybridized carbons (Fsp3) is 0.500. The zero-order chi connectivity index (χ0) is 12.5. The Kier molecular flexibility index (Phi) is 6.21. The van der Waals surface area contributed by atoms with Crippen LogP contribution in [0.1, 0.15) is 12.0 Å². The Bertz CT molecular complexity index is 330. The Hall–Kier alpha value is -1.46. The molecule has 1 aromatic rings. The number of aliphatic hydroxyl groups is 1. The van der Waals surface area contributed by atoms with Crippen LogP contribution in [0, 0.1) is 0 Å². The molecule has 1 atom stereocenters. The summed E-state index contributed by atoms with van der Waals surface area (Å²) < 4.78 is 4.88. The smallest absolute Gasteiger partial charge is 0.220 e. The molecule has 1 rings (SSSR count). The molecule has 0 fully saturated rings. The maximum absolute atomic E-state index is 11.6. The van der Waals surface area contributed by atoms with Gasteiger partial charge >= 0.3 is 0 Å². The lowest BCUT2D eigenvalue weighted by Gasteiger charge is -2.14. The highest BCUT2D eigenvalue weighted by Gasteiger charge is 2.10. The van der Waals surface area contributed by atoms with Gasteiger partial charge in [0.15, 0.2) is 0 Å². The van der Waals surface area contributed by atoms with Gasteiger partial charge in [0.1, 0.15) is 0 Å². The van der Waals surface area contributed by atoms with E-state index in [1.165, 1.54) is 7.11 Å². The van der Waals surface area contributed by atoms with Gasteiger partial charge in [-0.1, -0.05) is 0 Å². The van der Waals surface area contributed by atoms with E-state index >= 15 is 0 Å². The minimum Gasteiger partial charge on any atom is -0.394 e. The molecule has 1 unspecified atom stereocenters. The van der Waals surface area contributed by atoms with Crippen LogP contribution in [0.5, 0.6) is 0 Å². The van der Waals surface area contributed by atoms with Crippen molar-refractivity contribution in [3.8, 4) is 0 Å². The molecule has 0 aliphatic carbocycles. The normalized spacial score (nSPS) is 12.1. The van der Waals surface area contributed by atoms with Gasteiger partial charge in [-0.05, 0) is 24.1 Å². The van der Waals surface area contributed by atoms with Crippen LogP contribution in [0.2, 0.25) is 0 Å². The van der Waals surface area contributed by atoms with Crippen molar-refractivity contribution >= 4 is 5.91 Å². The first kappa shape index (κ1) is 13.6. The minimum absolute atomic E-state index is 0.0853. The predicted octanol–water partition coefficient (Wildman–Crippen LogP) is 0.138. The van der Waals surface area contributed by atoms with E-state index in [1.807, 2.05) is 12.1 Å². The minimum atomic E-state index is -0.329. The van der Waals surface area contributed by atoms with Crippen molar-refractivity contribution in [1.29, 1.82) is 0 Å². The first-order valence-corrected chi connectivity index (χ1v) is 5.54. The number of pyridine rings is 1. The third kappa shape index (κ3) is 5.42. The van der Waals surface area contributed by atoms with Crippen molar-refractivity contribution in [2.24, 2.45) is 0 Å². The molecule has 0 saturated carbocycles. The van der Waals surface area contributed by atoms with E-state index in [2.05, 4.69) is 10.3 Å². The van der Waals surface area contributed by atoms with Crippen LogP contribution in [0.3, 0.4) is 0 Å². The zero-order valence-corrected chi connectivity index (χ0v) is 9.93. The summed E-state index contributed by atoms with van der Waals surface area (Å²) in [4.78, 5) is 15.5. The number of hydrogen-bond acceptors (Lipinski definition) is 4. The quantitative estimate of drug-likeness (QED) is 0.708. The van der Waals surface area contributed by atoms with Gasteiger partial charge in [0.2, 0.25) is 5.91 Å². The van der Waals surface area contributed by atoms with Gasteiger partial charge in [-0.2, -0.15) is 0 Å². The van der Waals surface area contributed by atoms with Crippen molar-refractivity contribution in [2.75, 3.05) is 20.3 Å². The number of aryl methyl sites for hydroxylation is 1. The van der Waals surface area contributed by atoms with Crippen LogP contribution < -0.4 is 5.32 Å². The molecule has 0 aromatic carbocycles. The van der Waals surface area contributed by atoms with Crippen molar-refractivity contribution in [3.63, 3.8) is 0 Å². The fourth-order valence-corrected chi connectivity index (χ4v) is 1.45. The van der Waals surface area contributed by atoms with E-state index in [0.717, 1.165) is 5.56 Å². The summed E-state index contributed by atoms with van der Waals surface area (Å²) in [5, 5.41) is 11.7. The Morgan fingerprint density at radius 1 is 1.53 bits per heavy atom. The molecule has 1 aromatic heterocycles. The number of carbonyl (C=O) groups excluding carboxylic acids is 1. The van der Waals surface area contributed by atoms with Gasteiger partial charge < -0.3 is 15.2 Å². The van der Waals surface area contributed by atoms with Crippen LogP contribution >= 0.6 is 0 Å². The lowest BCUT2D eigenvalue weighted by Crippen LogP contribution is -2.40. The highest BCUT2D eigenvalue weighted by molar-refractivity contribution is 5.76. The predicted molar refractivity (Wildman–Crippen MR) is 63.5 cm³/mol. The monoisotopic (exact) mass is 238 g/mol. The van der Waals surface area contributed by atoms with E-state index in [0.29, 0.717) is 19.4 Å². The summed E-state index contributed by atoms with van der Waals surface area (Å²) in [6.45, 7) is 0.201. The molecule has 0 aliphatic rings. The van der Waals surface area contributed by atoms with E-state index in [1.54, 1.807) is 12.4 Å². The Balaban J connectivity index is 2.30. The summed E-state index contributed by atoms with van der Waals surface area (Å²) in [6, 6.07) is 3.43. The number of nitrogens with one attached hydrogen (secondary N) is 1. The Morgan fingerprint density at radius 2 is 2.24 bits per heavy atom. The lowest BCUT2D eigenvalue weighted by molar-refractivity contribution is -0.122. The molecule has 1 heterocycles. The molecule has 0 spiro atoms. The van der Waals surface area contributed by atoms with Crippen LogP contribution in [0.15, 0.2) is 24.5 Å². The third-order valence-corrected chi connectivity index (χ3v) is 2.34. The molecule has 1 amide bonds. The first-order chi connectivity index (χ1) is 8.26. The van der Waals surface area contributed by atoms with Crippen LogP contribution in [0.4, 0.5) is 0 Å². The molecule has 0 radical (unpaired) electrons. The molecule has 94 valence electrons. The summed E-state index contributed by atoms with van der Waals surface area (Å²) in [5.41, 5.74) is 1.07. The van der Waals surface area contributed by atoms with Crippen molar-refractivity contribution < 1.29 is 14.6 Å².